The fourth-order valence-corrected chi connectivity index (χ4v) is 3.68. The predicted molar refractivity (Wildman–Crippen MR) is 107 cm³/mol. The normalized spacial score (nSPS) is 15.8. The third-order valence-corrected chi connectivity index (χ3v) is 5.31. The van der Waals surface area contributed by atoms with Crippen molar-refractivity contribution in [2.24, 2.45) is 0 Å². The Kier molecular flexibility index (Phi) is 4.55. The Bertz CT molecular complexity index is 1060. The van der Waals surface area contributed by atoms with Gasteiger partial charge in [-0.15, -0.1) is 0 Å². The third kappa shape index (κ3) is 3.01. The lowest BCUT2D eigenvalue weighted by Crippen LogP contribution is -2.24. The summed E-state index contributed by atoms with van der Waals surface area (Å²) in [6, 6.07) is 11.3. The number of aromatic hydroxyl groups is 1. The van der Waals surface area contributed by atoms with Crippen LogP contribution >= 0.6 is 0 Å². The van der Waals surface area contributed by atoms with Gasteiger partial charge in [0.2, 0.25) is 5.91 Å². The van der Waals surface area contributed by atoms with Crippen LogP contribution in [-0.4, -0.2) is 27.4 Å². The number of benzene rings is 2. The molecule has 2 heterocycles. The molecule has 0 radical (unpaired) electrons. The molecule has 0 fully saturated rings. The van der Waals surface area contributed by atoms with Crippen molar-refractivity contribution in [3.8, 4) is 17.2 Å². The number of nitrogens with zero attached hydrogens (tertiary/aromatic N) is 2. The summed E-state index contributed by atoms with van der Waals surface area (Å²) in [4.78, 5) is 12.5. The molecule has 6 heteroatoms. The van der Waals surface area contributed by atoms with E-state index in [1.54, 1.807) is 16.8 Å². The minimum Gasteiger partial charge on any atom is -0.504 e. The molecule has 2 aromatic carbocycles. The smallest absolute Gasteiger partial charge is 0.226 e. The summed E-state index contributed by atoms with van der Waals surface area (Å²) in [5.41, 5.74) is 5.10. The van der Waals surface area contributed by atoms with Crippen molar-refractivity contribution in [2.45, 2.75) is 33.1 Å². The van der Waals surface area contributed by atoms with Crippen LogP contribution in [-0.2, 0) is 4.79 Å². The molecule has 1 unspecified atom stereocenters. The second-order valence-electron chi connectivity index (χ2n) is 7.04. The molecule has 0 saturated heterocycles. The van der Waals surface area contributed by atoms with E-state index in [0.29, 0.717) is 24.6 Å². The molecule has 28 heavy (non-hydrogen) atoms. The number of amides is 1. The first-order valence-electron chi connectivity index (χ1n) is 9.39. The Morgan fingerprint density at radius 3 is 2.89 bits per heavy atom. The van der Waals surface area contributed by atoms with Crippen LogP contribution < -0.4 is 10.1 Å². The number of aromatic nitrogens is 2. The number of anilines is 1. The zero-order chi connectivity index (χ0) is 19.8. The van der Waals surface area contributed by atoms with Gasteiger partial charge in [-0.2, -0.15) is 5.10 Å². The number of phenols is 1. The molecule has 1 amide bonds. The number of carbonyl (C=O) groups excluding carboxylic acids is 1. The van der Waals surface area contributed by atoms with Crippen LogP contribution in [0.3, 0.4) is 0 Å². The van der Waals surface area contributed by atoms with E-state index in [4.69, 9.17) is 4.74 Å². The van der Waals surface area contributed by atoms with Gasteiger partial charge >= 0.3 is 0 Å². The van der Waals surface area contributed by atoms with Gasteiger partial charge in [-0.05, 0) is 55.7 Å². The van der Waals surface area contributed by atoms with E-state index in [1.165, 1.54) is 5.56 Å². The molecule has 3 aromatic rings. The topological polar surface area (TPSA) is 76.4 Å². The molecule has 4 rings (SSSR count). The third-order valence-electron chi connectivity index (χ3n) is 5.31. The number of ether oxygens (including phenoxy) is 1. The van der Waals surface area contributed by atoms with Crippen LogP contribution in [0.5, 0.6) is 11.5 Å². The molecular weight excluding hydrogens is 354 g/mol. The number of aryl methyl sites for hydroxylation is 1. The largest absolute Gasteiger partial charge is 0.504 e. The standard InChI is InChI=1S/C22H23N3O3/c1-4-28-20-10-15(8-9-19(20)26)16-11-21(27)24-22-17(16)12-23-25(22)18-7-5-6-13(2)14(18)3/h5-10,12,16,26H,4,11H2,1-3H3,(H,24,27). The molecular formula is C22H23N3O3. The Morgan fingerprint density at radius 1 is 1.29 bits per heavy atom. The van der Waals surface area contributed by atoms with Gasteiger partial charge in [0.15, 0.2) is 11.5 Å². The highest BCUT2D eigenvalue weighted by Gasteiger charge is 2.31. The van der Waals surface area contributed by atoms with Crippen LogP contribution in [0.2, 0.25) is 0 Å². The number of hydrogen-bond donors (Lipinski definition) is 2. The fourth-order valence-electron chi connectivity index (χ4n) is 3.68. The monoisotopic (exact) mass is 377 g/mol. The molecule has 144 valence electrons. The summed E-state index contributed by atoms with van der Waals surface area (Å²) in [5, 5.41) is 17.6. The quantitative estimate of drug-likeness (QED) is 0.719. The van der Waals surface area contributed by atoms with Gasteiger partial charge in [0, 0.05) is 17.9 Å². The number of rotatable bonds is 4. The number of hydrogen-bond acceptors (Lipinski definition) is 4. The number of nitrogens with one attached hydrogen (secondary N) is 1. The van der Waals surface area contributed by atoms with Crippen molar-refractivity contribution in [1.82, 2.24) is 9.78 Å². The number of carbonyl (C=O) groups is 1. The van der Waals surface area contributed by atoms with Gasteiger partial charge < -0.3 is 15.2 Å². The van der Waals surface area contributed by atoms with Crippen molar-refractivity contribution in [3.63, 3.8) is 0 Å². The summed E-state index contributed by atoms with van der Waals surface area (Å²) in [7, 11) is 0. The molecule has 1 atom stereocenters. The SMILES string of the molecule is CCOc1cc(C2CC(=O)Nc3c2cnn3-c2cccc(C)c2C)ccc1O. The summed E-state index contributed by atoms with van der Waals surface area (Å²) < 4.78 is 7.31. The Labute approximate surface area is 163 Å². The minimum atomic E-state index is -0.151. The second kappa shape index (κ2) is 7.03. The molecule has 0 bridgehead atoms. The van der Waals surface area contributed by atoms with E-state index >= 15 is 0 Å². The first-order valence-corrected chi connectivity index (χ1v) is 9.39. The summed E-state index contributed by atoms with van der Waals surface area (Å²) in [5.74, 6) is 1.01. The molecule has 0 saturated carbocycles. The van der Waals surface area contributed by atoms with Crippen molar-refractivity contribution in [1.29, 1.82) is 0 Å². The van der Waals surface area contributed by atoms with Crippen molar-refractivity contribution < 1.29 is 14.6 Å². The first-order chi connectivity index (χ1) is 13.5. The Morgan fingerprint density at radius 2 is 2.11 bits per heavy atom. The van der Waals surface area contributed by atoms with E-state index in [0.717, 1.165) is 22.4 Å². The van der Waals surface area contributed by atoms with Gasteiger partial charge in [0.25, 0.3) is 0 Å². The fraction of sp³-hybridized carbons (Fsp3) is 0.273. The zero-order valence-corrected chi connectivity index (χ0v) is 16.2. The highest BCUT2D eigenvalue weighted by molar-refractivity contribution is 5.94. The maximum Gasteiger partial charge on any atom is 0.226 e. The Balaban J connectivity index is 1.81. The summed E-state index contributed by atoms with van der Waals surface area (Å²) in [6.45, 7) is 6.43. The van der Waals surface area contributed by atoms with Crippen LogP contribution in [0.4, 0.5) is 5.82 Å². The summed E-state index contributed by atoms with van der Waals surface area (Å²) >= 11 is 0. The van der Waals surface area contributed by atoms with E-state index in [1.807, 2.05) is 31.3 Å². The molecule has 1 aliphatic heterocycles. The van der Waals surface area contributed by atoms with Gasteiger partial charge in [-0.1, -0.05) is 18.2 Å². The van der Waals surface area contributed by atoms with Crippen molar-refractivity contribution >= 4 is 11.7 Å². The molecule has 2 N–H and O–H groups in total. The van der Waals surface area contributed by atoms with Gasteiger partial charge in [0.05, 0.1) is 18.5 Å². The zero-order valence-electron chi connectivity index (χ0n) is 16.2. The lowest BCUT2D eigenvalue weighted by Gasteiger charge is -2.24. The molecule has 0 aliphatic carbocycles. The predicted octanol–water partition coefficient (Wildman–Crippen LogP) is 4.07. The van der Waals surface area contributed by atoms with E-state index in [-0.39, 0.29) is 17.6 Å². The number of fused-ring (bicyclic) bond motifs is 1. The Hall–Kier alpha value is -3.28. The van der Waals surface area contributed by atoms with Crippen LogP contribution in [0.15, 0.2) is 42.6 Å². The maximum atomic E-state index is 12.5. The minimum absolute atomic E-state index is 0.0596. The average molecular weight is 377 g/mol. The maximum absolute atomic E-state index is 12.5. The number of phenolic OH excluding ortho intramolecular Hbond substituents is 1. The molecule has 0 spiro atoms. The average Bonchev–Trinajstić information content (AvgIpc) is 3.09. The molecule has 6 nitrogen and oxygen atoms in total. The highest BCUT2D eigenvalue weighted by atomic mass is 16.5. The van der Waals surface area contributed by atoms with E-state index < -0.39 is 0 Å². The van der Waals surface area contributed by atoms with Crippen molar-refractivity contribution in [3.05, 3.63) is 64.8 Å². The van der Waals surface area contributed by atoms with Crippen molar-refractivity contribution in [2.75, 3.05) is 11.9 Å². The van der Waals surface area contributed by atoms with E-state index in [9.17, 15) is 9.90 Å². The van der Waals surface area contributed by atoms with Gasteiger partial charge in [-0.25, -0.2) is 4.68 Å². The van der Waals surface area contributed by atoms with Crippen LogP contribution in [0.1, 0.15) is 41.5 Å². The summed E-state index contributed by atoms with van der Waals surface area (Å²) in [6.07, 6.45) is 2.14. The second-order valence-corrected chi connectivity index (χ2v) is 7.04. The van der Waals surface area contributed by atoms with Gasteiger partial charge in [0.1, 0.15) is 5.82 Å². The van der Waals surface area contributed by atoms with Crippen LogP contribution in [0.25, 0.3) is 5.69 Å². The van der Waals surface area contributed by atoms with Gasteiger partial charge in [-0.3, -0.25) is 4.79 Å². The first kappa shape index (κ1) is 18.1. The van der Waals surface area contributed by atoms with Crippen LogP contribution in [0, 0.1) is 13.8 Å². The lowest BCUT2D eigenvalue weighted by atomic mass is 9.87. The lowest BCUT2D eigenvalue weighted by molar-refractivity contribution is -0.116. The highest BCUT2D eigenvalue weighted by Crippen LogP contribution is 2.40. The molecule has 1 aliphatic rings. The molecule has 1 aromatic heterocycles. The van der Waals surface area contributed by atoms with E-state index in [2.05, 4.69) is 30.3 Å².